The molecule has 0 aromatic carbocycles. The van der Waals surface area contributed by atoms with E-state index in [4.69, 9.17) is 0 Å². The summed E-state index contributed by atoms with van der Waals surface area (Å²) < 4.78 is 4.60. The minimum absolute atomic E-state index is 0.0630. The van der Waals surface area contributed by atoms with Crippen LogP contribution in [0.25, 0.3) is 0 Å². The lowest BCUT2D eigenvalue weighted by atomic mass is 9.70. The van der Waals surface area contributed by atoms with Crippen molar-refractivity contribution in [3.05, 3.63) is 0 Å². The quantitative estimate of drug-likeness (QED) is 0.505. The Kier molecular flexibility index (Phi) is 3.61. The average molecular weight is 212 g/mol. The molecule has 0 heterocycles. The van der Waals surface area contributed by atoms with Crippen molar-refractivity contribution in [1.29, 1.82) is 0 Å². The maximum atomic E-state index is 11.6. The molecule has 3 atom stereocenters. The molecule has 84 valence electrons. The smallest absolute Gasteiger partial charge is 0.316 e. The molecular weight excluding hydrogens is 196 g/mol. The van der Waals surface area contributed by atoms with Crippen molar-refractivity contribution >= 4 is 17.5 Å². The predicted octanol–water partition coefficient (Wildman–Crippen LogP) is 0.980. The minimum atomic E-state index is -0.743. The van der Waals surface area contributed by atoms with Gasteiger partial charge in [-0.3, -0.25) is 14.4 Å². The molecule has 0 amide bonds. The lowest BCUT2D eigenvalue weighted by molar-refractivity contribution is -0.156. The van der Waals surface area contributed by atoms with Crippen molar-refractivity contribution in [2.45, 2.75) is 26.7 Å². The van der Waals surface area contributed by atoms with Crippen LogP contribution in [0.15, 0.2) is 0 Å². The predicted molar refractivity (Wildman–Crippen MR) is 53.1 cm³/mol. The highest BCUT2D eigenvalue weighted by Gasteiger charge is 2.44. The van der Waals surface area contributed by atoms with E-state index >= 15 is 0 Å². The molecule has 15 heavy (non-hydrogen) atoms. The van der Waals surface area contributed by atoms with Crippen LogP contribution in [-0.4, -0.2) is 24.6 Å². The number of ether oxygens (including phenoxy) is 1. The Bertz CT molecular complexity index is 295. The summed E-state index contributed by atoms with van der Waals surface area (Å²) in [6.45, 7) is 3.65. The monoisotopic (exact) mass is 212 g/mol. The highest BCUT2D eigenvalue weighted by atomic mass is 16.5. The van der Waals surface area contributed by atoms with Gasteiger partial charge in [0.2, 0.25) is 0 Å². The van der Waals surface area contributed by atoms with Crippen LogP contribution in [0.2, 0.25) is 0 Å². The van der Waals surface area contributed by atoms with Gasteiger partial charge in [-0.1, -0.05) is 20.3 Å². The first-order chi connectivity index (χ1) is 7.02. The first kappa shape index (κ1) is 11.9. The Balaban J connectivity index is 2.96. The average Bonchev–Trinajstić information content (AvgIpc) is 2.21. The van der Waals surface area contributed by atoms with Gasteiger partial charge in [0.25, 0.3) is 0 Å². The largest absolute Gasteiger partial charge is 0.468 e. The molecule has 1 rings (SSSR count). The van der Waals surface area contributed by atoms with Crippen LogP contribution < -0.4 is 0 Å². The fourth-order valence-corrected chi connectivity index (χ4v) is 2.23. The van der Waals surface area contributed by atoms with Crippen LogP contribution in [0.5, 0.6) is 0 Å². The number of carbonyl (C=O) groups is 3. The van der Waals surface area contributed by atoms with E-state index in [-0.39, 0.29) is 29.8 Å². The van der Waals surface area contributed by atoms with Gasteiger partial charge in [0.05, 0.1) is 13.5 Å². The van der Waals surface area contributed by atoms with Gasteiger partial charge in [-0.05, 0) is 5.92 Å². The Morgan fingerprint density at radius 3 is 2.47 bits per heavy atom. The van der Waals surface area contributed by atoms with Crippen molar-refractivity contribution in [2.24, 2.45) is 17.8 Å². The third kappa shape index (κ3) is 2.08. The Morgan fingerprint density at radius 2 is 2.00 bits per heavy atom. The summed E-state index contributed by atoms with van der Waals surface area (Å²) in [7, 11) is 1.27. The number of esters is 1. The summed E-state index contributed by atoms with van der Waals surface area (Å²) in [4.78, 5) is 34.5. The van der Waals surface area contributed by atoms with Gasteiger partial charge >= 0.3 is 5.97 Å². The Labute approximate surface area is 89.0 Å². The molecule has 0 N–H and O–H groups in total. The van der Waals surface area contributed by atoms with Crippen molar-refractivity contribution in [1.82, 2.24) is 0 Å². The number of methoxy groups -OCH3 is 1. The van der Waals surface area contributed by atoms with Crippen molar-refractivity contribution in [2.75, 3.05) is 7.11 Å². The van der Waals surface area contributed by atoms with Gasteiger partial charge in [0, 0.05) is 5.92 Å². The normalized spacial score (nSPS) is 31.5. The topological polar surface area (TPSA) is 60.4 Å². The van der Waals surface area contributed by atoms with Crippen LogP contribution >= 0.6 is 0 Å². The first-order valence-electron chi connectivity index (χ1n) is 5.16. The van der Waals surface area contributed by atoms with Crippen LogP contribution in [0.1, 0.15) is 26.7 Å². The van der Waals surface area contributed by atoms with Crippen LogP contribution in [0.3, 0.4) is 0 Å². The van der Waals surface area contributed by atoms with E-state index in [1.54, 1.807) is 6.92 Å². The second-order valence-corrected chi connectivity index (χ2v) is 3.97. The number of hydrogen-bond acceptors (Lipinski definition) is 4. The standard InChI is InChI=1S/C11H16O4/c1-4-7-6(2)8(12)5-9(13)10(7)11(14)15-3/h6-7,10H,4-5H2,1-3H3. The van der Waals surface area contributed by atoms with Gasteiger partial charge in [0.1, 0.15) is 11.7 Å². The number of ketones is 2. The molecule has 4 heteroatoms. The van der Waals surface area contributed by atoms with Crippen molar-refractivity contribution < 1.29 is 19.1 Å². The SMILES string of the molecule is CCC1C(C)C(=O)CC(=O)C1C(=O)OC. The zero-order chi connectivity index (χ0) is 11.6. The van der Waals surface area contributed by atoms with Crippen molar-refractivity contribution in [3.63, 3.8) is 0 Å². The van der Waals surface area contributed by atoms with E-state index in [2.05, 4.69) is 4.74 Å². The molecule has 3 unspecified atom stereocenters. The van der Waals surface area contributed by atoms with Gasteiger partial charge in [-0.25, -0.2) is 0 Å². The molecule has 0 radical (unpaired) electrons. The van der Waals surface area contributed by atoms with Crippen LogP contribution in [0.4, 0.5) is 0 Å². The molecule has 0 aromatic rings. The number of Topliss-reactive ketones (excluding diaryl/α,β-unsaturated/α-hetero) is 2. The first-order valence-corrected chi connectivity index (χ1v) is 5.16. The Hall–Kier alpha value is -1.19. The molecule has 1 saturated carbocycles. The molecular formula is C11H16O4. The maximum Gasteiger partial charge on any atom is 0.316 e. The van der Waals surface area contributed by atoms with E-state index in [1.165, 1.54) is 7.11 Å². The summed E-state index contributed by atoms with van der Waals surface area (Å²) in [6, 6.07) is 0. The van der Waals surface area contributed by atoms with E-state index in [0.717, 1.165) is 0 Å². The summed E-state index contributed by atoms with van der Waals surface area (Å²) in [5, 5.41) is 0. The minimum Gasteiger partial charge on any atom is -0.468 e. The highest BCUT2D eigenvalue weighted by molar-refractivity contribution is 6.11. The molecule has 0 spiro atoms. The highest BCUT2D eigenvalue weighted by Crippen LogP contribution is 2.33. The second kappa shape index (κ2) is 4.55. The summed E-state index contributed by atoms with van der Waals surface area (Å²) in [6.07, 6.45) is 0.510. The number of hydrogen-bond donors (Lipinski definition) is 0. The lowest BCUT2D eigenvalue weighted by Crippen LogP contribution is -2.43. The summed E-state index contributed by atoms with van der Waals surface area (Å²) in [5.41, 5.74) is 0. The van der Waals surface area contributed by atoms with Crippen molar-refractivity contribution in [3.8, 4) is 0 Å². The number of carbonyl (C=O) groups excluding carboxylic acids is 3. The summed E-state index contributed by atoms with van der Waals surface area (Å²) >= 11 is 0. The molecule has 1 fully saturated rings. The molecule has 0 saturated heterocycles. The van der Waals surface area contributed by atoms with Gasteiger partial charge in [-0.15, -0.1) is 0 Å². The molecule has 0 aliphatic heterocycles. The van der Waals surface area contributed by atoms with Crippen LogP contribution in [-0.2, 0) is 19.1 Å². The summed E-state index contributed by atoms with van der Waals surface area (Å²) in [5.74, 6) is -2.04. The lowest BCUT2D eigenvalue weighted by Gasteiger charge is -2.31. The van der Waals surface area contributed by atoms with E-state index in [0.29, 0.717) is 6.42 Å². The van der Waals surface area contributed by atoms with E-state index in [1.807, 2.05) is 6.92 Å². The second-order valence-electron chi connectivity index (χ2n) is 3.97. The molecule has 4 nitrogen and oxygen atoms in total. The molecule has 1 aliphatic rings. The van der Waals surface area contributed by atoms with E-state index in [9.17, 15) is 14.4 Å². The molecule has 1 aliphatic carbocycles. The fraction of sp³-hybridized carbons (Fsp3) is 0.727. The Morgan fingerprint density at radius 1 is 1.40 bits per heavy atom. The zero-order valence-electron chi connectivity index (χ0n) is 9.28. The maximum absolute atomic E-state index is 11.6. The number of rotatable bonds is 2. The zero-order valence-corrected chi connectivity index (χ0v) is 9.28. The third-order valence-corrected chi connectivity index (χ3v) is 3.20. The van der Waals surface area contributed by atoms with Gasteiger partial charge in [-0.2, -0.15) is 0 Å². The van der Waals surface area contributed by atoms with Crippen LogP contribution in [0, 0.1) is 17.8 Å². The van der Waals surface area contributed by atoms with Gasteiger partial charge < -0.3 is 4.74 Å². The third-order valence-electron chi connectivity index (χ3n) is 3.20. The fourth-order valence-electron chi connectivity index (χ4n) is 2.23. The van der Waals surface area contributed by atoms with E-state index < -0.39 is 11.9 Å². The molecule has 0 bridgehead atoms. The molecule has 0 aromatic heterocycles. The van der Waals surface area contributed by atoms with Gasteiger partial charge in [0.15, 0.2) is 5.78 Å².